The van der Waals surface area contributed by atoms with Crippen LogP contribution in [0.1, 0.15) is 72.5 Å². The van der Waals surface area contributed by atoms with E-state index in [1.165, 1.54) is 60.5 Å². The van der Waals surface area contributed by atoms with Crippen molar-refractivity contribution in [1.82, 2.24) is 20.2 Å². The number of methoxy groups -OCH3 is 1. The van der Waals surface area contributed by atoms with Crippen LogP contribution in [-0.2, 0) is 48.6 Å². The van der Waals surface area contributed by atoms with Gasteiger partial charge in [0.15, 0.2) is 23.4 Å². The van der Waals surface area contributed by atoms with Crippen LogP contribution in [0.2, 0.25) is 0 Å². The maximum absolute atomic E-state index is 14.8. The number of anilines is 1. The third-order valence-electron chi connectivity index (χ3n) is 16.2. The molecule has 2 fully saturated rings. The van der Waals surface area contributed by atoms with Crippen molar-refractivity contribution in [3.8, 4) is 23.0 Å². The van der Waals surface area contributed by atoms with E-state index in [0.717, 1.165) is 17.0 Å². The summed E-state index contributed by atoms with van der Waals surface area (Å²) in [5.74, 6) is 0.730. The van der Waals surface area contributed by atoms with E-state index in [1.807, 2.05) is 27.7 Å². The molecule has 34 heteroatoms. The lowest BCUT2D eigenvalue weighted by atomic mass is 9.92. The number of hydrogen-bond donors (Lipinski definition) is 12. The first kappa shape index (κ1) is 73.0. The van der Waals surface area contributed by atoms with Crippen LogP contribution in [0.25, 0.3) is 21.7 Å². The number of nitrogens with zero attached hydrogens (tertiary/aromatic N) is 4. The quantitative estimate of drug-likeness (QED) is 0.00776. The van der Waals surface area contributed by atoms with Gasteiger partial charge in [0.25, 0.3) is 29.9 Å². The Morgan fingerprint density at radius 1 is 0.825 bits per heavy atom. The summed E-state index contributed by atoms with van der Waals surface area (Å²) in [6, 6.07) is 15.8. The molecule has 0 bridgehead atoms. The van der Waals surface area contributed by atoms with E-state index in [0.29, 0.717) is 33.2 Å². The van der Waals surface area contributed by atoms with Crippen molar-refractivity contribution >= 4 is 84.7 Å². The summed E-state index contributed by atoms with van der Waals surface area (Å²) in [5.41, 5.74) is 6.89. The number of hydrazine groups is 1. The van der Waals surface area contributed by atoms with Crippen molar-refractivity contribution in [1.29, 1.82) is 0 Å². The molecule has 0 radical (unpaired) electrons. The van der Waals surface area contributed by atoms with Crippen LogP contribution in [0.5, 0.6) is 23.0 Å². The molecule has 0 aliphatic carbocycles. The van der Waals surface area contributed by atoms with Crippen LogP contribution in [0.15, 0.2) is 95.9 Å². The van der Waals surface area contributed by atoms with Crippen LogP contribution < -0.4 is 39.6 Å². The molecular formula is C63H77ClN8O24S. The molecular weight excluding hydrogens is 1320 g/mol. The van der Waals surface area contributed by atoms with Crippen LogP contribution in [-0.4, -0.2) is 233 Å². The van der Waals surface area contributed by atoms with E-state index in [9.17, 15) is 73.2 Å². The van der Waals surface area contributed by atoms with Gasteiger partial charge in [-0.2, -0.15) is 0 Å². The van der Waals surface area contributed by atoms with E-state index >= 15 is 0 Å². The average Bonchev–Trinajstić information content (AvgIpc) is 1.64. The van der Waals surface area contributed by atoms with Crippen molar-refractivity contribution in [3.05, 3.63) is 113 Å². The monoisotopic (exact) mass is 1400 g/mol. The fraction of sp³-hybridized carbons (Fsp3) is 0.460. The third kappa shape index (κ3) is 17.0. The Morgan fingerprint density at radius 2 is 1.51 bits per heavy atom. The summed E-state index contributed by atoms with van der Waals surface area (Å²) in [6.45, 7) is 8.93. The molecule has 2 saturated heterocycles. The van der Waals surface area contributed by atoms with Crippen molar-refractivity contribution in [3.63, 3.8) is 0 Å². The predicted octanol–water partition coefficient (Wildman–Crippen LogP) is 0.543. The van der Waals surface area contributed by atoms with Crippen molar-refractivity contribution < 1.29 is 115 Å². The topological polar surface area (TPSA) is 466 Å². The summed E-state index contributed by atoms with van der Waals surface area (Å²) in [6.07, 6.45) is -14.5. The van der Waals surface area contributed by atoms with E-state index in [1.54, 1.807) is 36.4 Å². The summed E-state index contributed by atoms with van der Waals surface area (Å²) in [5, 5.41) is 91.4. The number of ether oxygens (including phenoxy) is 6. The summed E-state index contributed by atoms with van der Waals surface area (Å²) in [4.78, 5) is 74.9. The molecule has 5 heterocycles. The number of aromatic amines is 1. The fourth-order valence-electron chi connectivity index (χ4n) is 11.1. The Balaban J connectivity index is 0.916. The number of amides is 4. The van der Waals surface area contributed by atoms with Crippen LogP contribution >= 0.6 is 11.6 Å². The number of aliphatic hydroxyl groups excluding tert-OH is 7. The van der Waals surface area contributed by atoms with Crippen molar-refractivity contribution in [2.75, 3.05) is 77.1 Å². The van der Waals surface area contributed by atoms with Gasteiger partial charge in [0.05, 0.1) is 63.8 Å². The SMILES string of the molecule is COc1ccc2c(OS(=O)(=O)Oc3cc(C(=O)NCC(C)(C)COCC(C)(C)CN(N)/C=C(\N)COCCN4C(=O)C=CC4=O)ccc3O[C@@H]3O[C@H](CO)[C@@H](O)[C@H](O)[C@H]3O)cc3c(c2c1)[C@H](CCl)CN3C(=O)c1cc2cc(/C(C)=N/O[C@@H]3O[C@H](C(=O)O)[C@@H](O)[C@H](O)[C@H]3O)ccc2[nH]1. The second-order valence-electron chi connectivity index (χ2n) is 25.1. The minimum atomic E-state index is -5.37. The number of carbonyl (C=O) groups excluding carboxylic acids is 4. The number of carboxylic acid groups (broad SMARTS) is 1. The number of imide groups is 1. The molecule has 32 nitrogen and oxygen atoms in total. The molecule has 0 spiro atoms. The zero-order valence-electron chi connectivity index (χ0n) is 53.3. The van der Waals surface area contributed by atoms with E-state index in [4.69, 9.17) is 64.8 Å². The molecule has 14 N–H and O–H groups in total. The number of oxime groups is 1. The number of rotatable bonds is 29. The highest BCUT2D eigenvalue weighted by Crippen LogP contribution is 2.48. The fourth-order valence-corrected chi connectivity index (χ4v) is 12.1. The molecule has 9 rings (SSSR count). The Hall–Kier alpha value is -8.26. The van der Waals surface area contributed by atoms with Crippen molar-refractivity contribution in [2.45, 2.75) is 102 Å². The lowest BCUT2D eigenvalue weighted by Gasteiger charge is -2.39. The van der Waals surface area contributed by atoms with Gasteiger partial charge in [0.1, 0.15) is 54.2 Å². The highest BCUT2D eigenvalue weighted by molar-refractivity contribution is 7.82. The molecule has 1 aromatic heterocycles. The summed E-state index contributed by atoms with van der Waals surface area (Å²) >= 11 is 6.63. The zero-order chi connectivity index (χ0) is 70.6. The number of carbonyl (C=O) groups is 5. The highest BCUT2D eigenvalue weighted by atomic mass is 35.5. The van der Waals surface area contributed by atoms with Gasteiger partial charge in [-0.05, 0) is 78.0 Å². The number of fused-ring (bicyclic) bond motifs is 4. The number of H-pyrrole nitrogens is 1. The lowest BCUT2D eigenvalue weighted by molar-refractivity contribution is -0.294. The Morgan fingerprint density at radius 3 is 2.20 bits per heavy atom. The van der Waals surface area contributed by atoms with Gasteiger partial charge in [-0.3, -0.25) is 24.1 Å². The maximum Gasteiger partial charge on any atom is 0.501 e. The normalized spacial score (nSPS) is 24.0. The molecule has 4 aromatic carbocycles. The lowest BCUT2D eigenvalue weighted by Crippen LogP contribution is -2.60. The predicted molar refractivity (Wildman–Crippen MR) is 343 cm³/mol. The Labute approximate surface area is 560 Å². The second kappa shape index (κ2) is 30.2. The number of alkyl halides is 1. The zero-order valence-corrected chi connectivity index (χ0v) is 54.9. The van der Waals surface area contributed by atoms with Gasteiger partial charge in [0.2, 0.25) is 6.29 Å². The highest BCUT2D eigenvalue weighted by Gasteiger charge is 2.49. The van der Waals surface area contributed by atoms with Gasteiger partial charge < -0.3 is 108 Å². The minimum absolute atomic E-state index is 0.00193. The minimum Gasteiger partial charge on any atom is -0.497 e. The Kier molecular flexibility index (Phi) is 22.8. The number of aromatic nitrogens is 1. The van der Waals surface area contributed by atoms with E-state index in [2.05, 4.69) is 15.5 Å². The number of carboxylic acids is 1. The standard InChI is InChI=1S/C63H77ClN8O24S/c1-31(69-94-61-55(81)52(78)53(79)56(93-61)59(84)85)32-7-11-40-34(17-32)18-41(68-40)58(83)72-23-35(22-64)49-39-20-37(88-6)9-10-38(39)44(21-42(49)72)95-97(86,87)96-45-19-33(8-12-43(45)91-60-54(80)51(77)50(76)46(25-73)92-60)57(82)67-27-62(2,3)29-90-30-63(4,5)28-70(66)24-36(65)26-89-16-15-71-47(74)13-14-48(71)75/h7-14,17-21,24,35,46,50-56,60-61,68,73,76-81H,15-16,22-23,25-30,65-66H2,1-6H3,(H,67,82)(H,84,85)/b36-24-,69-31+/t35-,46-,50-,51+,52+,53+,54-,55-,56+,60-,61+/m1/s1. The third-order valence-corrected chi connectivity index (χ3v) is 17.3. The summed E-state index contributed by atoms with van der Waals surface area (Å²) < 4.78 is 74.3. The van der Waals surface area contributed by atoms with Gasteiger partial charge in [-0.15, -0.1) is 20.0 Å². The van der Waals surface area contributed by atoms with E-state index in [-0.39, 0.29) is 98.0 Å². The molecule has 4 aliphatic rings. The average molecular weight is 1400 g/mol. The first-order valence-electron chi connectivity index (χ1n) is 30.3. The van der Waals surface area contributed by atoms with Crippen LogP contribution in [0.4, 0.5) is 5.69 Å². The molecule has 526 valence electrons. The molecule has 4 amide bonds. The number of hydrogen-bond acceptors (Lipinski definition) is 27. The molecule has 97 heavy (non-hydrogen) atoms. The smallest absolute Gasteiger partial charge is 0.497 e. The number of nitrogens with one attached hydrogen (secondary N) is 2. The van der Waals surface area contributed by atoms with Gasteiger partial charge in [-0.1, -0.05) is 38.9 Å². The molecule has 0 unspecified atom stereocenters. The van der Waals surface area contributed by atoms with Crippen LogP contribution in [0, 0.1) is 10.8 Å². The number of halogens is 1. The first-order chi connectivity index (χ1) is 45.8. The van der Waals surface area contributed by atoms with Gasteiger partial charge in [0, 0.05) is 88.5 Å². The van der Waals surface area contributed by atoms with Crippen molar-refractivity contribution in [2.24, 2.45) is 27.6 Å². The first-order valence-corrected chi connectivity index (χ1v) is 32.2. The molecule has 4 aliphatic heterocycles. The second-order valence-corrected chi connectivity index (χ2v) is 26.6. The number of aliphatic hydroxyl groups is 7. The van der Waals surface area contributed by atoms with Gasteiger partial charge >= 0.3 is 16.4 Å². The molecule has 0 saturated carbocycles. The van der Waals surface area contributed by atoms with Gasteiger partial charge in [-0.25, -0.2) is 10.6 Å². The maximum atomic E-state index is 14.8. The largest absolute Gasteiger partial charge is 0.501 e. The molecule has 11 atom stereocenters. The van der Waals surface area contributed by atoms with E-state index < -0.39 is 136 Å². The van der Waals surface area contributed by atoms with Crippen LogP contribution in [0.3, 0.4) is 0 Å². The number of aliphatic carboxylic acids is 1. The Bertz CT molecular complexity index is 3960. The number of benzene rings is 4. The summed E-state index contributed by atoms with van der Waals surface area (Å²) in [7, 11) is -3.95. The number of nitrogens with two attached hydrogens (primary N) is 2. The molecule has 5 aromatic rings.